The fraction of sp³-hybridized carbons (Fsp3) is 0.333. The van der Waals surface area contributed by atoms with E-state index in [2.05, 4.69) is 5.32 Å². The molecule has 5 heteroatoms. The lowest BCUT2D eigenvalue weighted by molar-refractivity contribution is -0.116. The molecule has 1 heterocycles. The van der Waals surface area contributed by atoms with E-state index in [-0.39, 0.29) is 18.4 Å². The van der Waals surface area contributed by atoms with Crippen molar-refractivity contribution in [2.75, 3.05) is 24.1 Å². The molecule has 2 rings (SSSR count). The van der Waals surface area contributed by atoms with Gasteiger partial charge in [-0.25, -0.2) is 0 Å². The lowest BCUT2D eigenvalue weighted by Crippen LogP contribution is -2.35. The highest BCUT2D eigenvalue weighted by Crippen LogP contribution is 2.26. The van der Waals surface area contributed by atoms with Crippen LogP contribution in [-0.2, 0) is 4.79 Å². The van der Waals surface area contributed by atoms with E-state index in [0.717, 1.165) is 6.42 Å². The van der Waals surface area contributed by atoms with Crippen molar-refractivity contribution in [3.05, 3.63) is 23.8 Å². The van der Waals surface area contributed by atoms with Gasteiger partial charge in [-0.1, -0.05) is 13.0 Å². The Labute approximate surface area is 99.6 Å². The summed E-state index contributed by atoms with van der Waals surface area (Å²) in [5.41, 5.74) is 7.10. The predicted molar refractivity (Wildman–Crippen MR) is 65.7 cm³/mol. The van der Waals surface area contributed by atoms with E-state index in [0.29, 0.717) is 23.5 Å². The number of benzene rings is 1. The van der Waals surface area contributed by atoms with Crippen LogP contribution >= 0.6 is 0 Å². The van der Waals surface area contributed by atoms with Gasteiger partial charge in [0.1, 0.15) is 6.54 Å². The largest absolute Gasteiger partial charge is 0.398 e. The van der Waals surface area contributed by atoms with Crippen LogP contribution in [0.15, 0.2) is 18.2 Å². The number of fused-ring (bicyclic) bond motifs is 1. The molecule has 1 aromatic rings. The number of nitrogens with one attached hydrogen (secondary N) is 1. The van der Waals surface area contributed by atoms with Crippen LogP contribution in [0.1, 0.15) is 23.7 Å². The van der Waals surface area contributed by atoms with Gasteiger partial charge in [-0.2, -0.15) is 0 Å². The first-order valence-electron chi connectivity index (χ1n) is 5.61. The molecule has 0 saturated heterocycles. The van der Waals surface area contributed by atoms with Gasteiger partial charge in [0.05, 0.1) is 11.3 Å². The zero-order valence-corrected chi connectivity index (χ0v) is 9.69. The van der Waals surface area contributed by atoms with Gasteiger partial charge in [0.15, 0.2) is 0 Å². The second kappa shape index (κ2) is 4.45. The molecule has 0 fully saturated rings. The molecular formula is C12H15N3O2. The van der Waals surface area contributed by atoms with Gasteiger partial charge in [-0.15, -0.1) is 0 Å². The zero-order chi connectivity index (χ0) is 12.4. The topological polar surface area (TPSA) is 75.4 Å². The summed E-state index contributed by atoms with van der Waals surface area (Å²) in [4.78, 5) is 25.4. The Morgan fingerprint density at radius 3 is 2.88 bits per heavy atom. The Hall–Kier alpha value is -2.04. The van der Waals surface area contributed by atoms with Gasteiger partial charge in [0.25, 0.3) is 5.91 Å². The van der Waals surface area contributed by atoms with Crippen LogP contribution in [0.5, 0.6) is 0 Å². The number of nitrogens with two attached hydrogens (primary N) is 1. The minimum Gasteiger partial charge on any atom is -0.398 e. The molecule has 0 radical (unpaired) electrons. The number of anilines is 2. The van der Waals surface area contributed by atoms with Crippen molar-refractivity contribution in [3.63, 3.8) is 0 Å². The van der Waals surface area contributed by atoms with Crippen LogP contribution in [0.25, 0.3) is 0 Å². The van der Waals surface area contributed by atoms with Gasteiger partial charge in [0.2, 0.25) is 5.91 Å². The van der Waals surface area contributed by atoms with Crippen molar-refractivity contribution in [1.29, 1.82) is 0 Å². The number of nitrogens with zero attached hydrogens (tertiary/aromatic N) is 1. The van der Waals surface area contributed by atoms with Gasteiger partial charge in [-0.05, 0) is 18.6 Å². The summed E-state index contributed by atoms with van der Waals surface area (Å²) in [7, 11) is 0. The van der Waals surface area contributed by atoms with Crippen molar-refractivity contribution in [2.24, 2.45) is 0 Å². The first kappa shape index (κ1) is 11.4. The highest BCUT2D eigenvalue weighted by atomic mass is 16.2. The van der Waals surface area contributed by atoms with E-state index in [1.54, 1.807) is 18.2 Å². The summed E-state index contributed by atoms with van der Waals surface area (Å²) < 4.78 is 0. The molecule has 0 aliphatic carbocycles. The Bertz CT molecular complexity index is 471. The van der Waals surface area contributed by atoms with Gasteiger partial charge in [0, 0.05) is 12.2 Å². The Morgan fingerprint density at radius 1 is 1.41 bits per heavy atom. The number of hydrogen-bond acceptors (Lipinski definition) is 3. The maximum absolute atomic E-state index is 12.2. The van der Waals surface area contributed by atoms with Crippen molar-refractivity contribution >= 4 is 23.2 Å². The van der Waals surface area contributed by atoms with Gasteiger partial charge >= 0.3 is 0 Å². The lowest BCUT2D eigenvalue weighted by Gasteiger charge is -2.19. The molecule has 0 bridgehead atoms. The lowest BCUT2D eigenvalue weighted by atomic mass is 10.1. The average molecular weight is 233 g/mol. The fourth-order valence-corrected chi connectivity index (χ4v) is 1.96. The highest BCUT2D eigenvalue weighted by Gasteiger charge is 2.27. The Morgan fingerprint density at radius 2 is 2.18 bits per heavy atom. The van der Waals surface area contributed by atoms with Crippen molar-refractivity contribution < 1.29 is 9.59 Å². The summed E-state index contributed by atoms with van der Waals surface area (Å²) in [5.74, 6) is -0.366. The van der Waals surface area contributed by atoms with Crippen LogP contribution in [0, 0.1) is 0 Å². The summed E-state index contributed by atoms with van der Waals surface area (Å²) in [6, 6.07) is 5.08. The molecule has 17 heavy (non-hydrogen) atoms. The molecule has 0 aromatic heterocycles. The summed E-state index contributed by atoms with van der Waals surface area (Å²) in [6.07, 6.45) is 0.807. The van der Waals surface area contributed by atoms with E-state index < -0.39 is 0 Å². The molecule has 0 atom stereocenters. The van der Waals surface area contributed by atoms with E-state index >= 15 is 0 Å². The van der Waals surface area contributed by atoms with Crippen LogP contribution in [-0.4, -0.2) is 29.8 Å². The van der Waals surface area contributed by atoms with E-state index in [1.807, 2.05) is 6.92 Å². The molecule has 0 saturated carbocycles. The third-order valence-corrected chi connectivity index (χ3v) is 2.70. The molecule has 3 N–H and O–H groups in total. The highest BCUT2D eigenvalue weighted by molar-refractivity contribution is 6.11. The molecule has 2 amide bonds. The number of carbonyl (C=O) groups excluding carboxylic acids is 2. The molecule has 1 aliphatic rings. The maximum atomic E-state index is 12.2. The van der Waals surface area contributed by atoms with Crippen molar-refractivity contribution in [1.82, 2.24) is 4.90 Å². The number of hydrogen-bond donors (Lipinski definition) is 2. The minimum absolute atomic E-state index is 0.0841. The first-order valence-corrected chi connectivity index (χ1v) is 5.61. The number of carbonyl (C=O) groups is 2. The molecular weight excluding hydrogens is 218 g/mol. The standard InChI is InChI=1S/C12H15N3O2/c1-2-6-15-7-10(16)14-9-5-3-4-8(13)11(9)12(15)17/h3-5H,2,6-7,13H2,1H3,(H,14,16). The molecule has 0 spiro atoms. The van der Waals surface area contributed by atoms with E-state index in [9.17, 15) is 9.59 Å². The summed E-state index contributed by atoms with van der Waals surface area (Å²) >= 11 is 0. The number of nitrogen functional groups attached to an aromatic ring is 1. The fourth-order valence-electron chi connectivity index (χ4n) is 1.96. The normalized spacial score (nSPS) is 15.2. The second-order valence-electron chi connectivity index (χ2n) is 4.04. The third kappa shape index (κ3) is 2.08. The van der Waals surface area contributed by atoms with Gasteiger partial charge < -0.3 is 16.0 Å². The van der Waals surface area contributed by atoms with E-state index in [1.165, 1.54) is 4.90 Å². The zero-order valence-electron chi connectivity index (χ0n) is 9.69. The molecule has 1 aromatic carbocycles. The van der Waals surface area contributed by atoms with Crippen LogP contribution in [0.3, 0.4) is 0 Å². The quantitative estimate of drug-likeness (QED) is 0.750. The van der Waals surface area contributed by atoms with E-state index in [4.69, 9.17) is 5.73 Å². The Balaban J connectivity index is 2.47. The Kier molecular flexibility index (Phi) is 2.99. The van der Waals surface area contributed by atoms with Crippen molar-refractivity contribution in [2.45, 2.75) is 13.3 Å². The molecule has 5 nitrogen and oxygen atoms in total. The SMILES string of the molecule is CCCN1CC(=O)Nc2cccc(N)c2C1=O. The average Bonchev–Trinajstić information content (AvgIpc) is 2.38. The third-order valence-electron chi connectivity index (χ3n) is 2.70. The number of amides is 2. The van der Waals surface area contributed by atoms with Crippen LogP contribution < -0.4 is 11.1 Å². The second-order valence-corrected chi connectivity index (χ2v) is 4.04. The molecule has 0 unspecified atom stereocenters. The minimum atomic E-state index is -0.184. The van der Waals surface area contributed by atoms with Crippen LogP contribution in [0.2, 0.25) is 0 Å². The summed E-state index contributed by atoms with van der Waals surface area (Å²) in [6.45, 7) is 2.60. The maximum Gasteiger partial charge on any atom is 0.258 e. The van der Waals surface area contributed by atoms with Gasteiger partial charge in [-0.3, -0.25) is 9.59 Å². The smallest absolute Gasteiger partial charge is 0.258 e. The first-order chi connectivity index (χ1) is 8.13. The molecule has 90 valence electrons. The van der Waals surface area contributed by atoms with Crippen LogP contribution in [0.4, 0.5) is 11.4 Å². The predicted octanol–water partition coefficient (Wildman–Crippen LogP) is 1.07. The number of rotatable bonds is 2. The monoisotopic (exact) mass is 233 g/mol. The van der Waals surface area contributed by atoms with Crippen molar-refractivity contribution in [3.8, 4) is 0 Å². The molecule has 1 aliphatic heterocycles. The summed E-state index contributed by atoms with van der Waals surface area (Å²) in [5, 5.41) is 2.70.